The second kappa shape index (κ2) is 4.56. The van der Waals surface area contributed by atoms with E-state index in [2.05, 4.69) is 10.1 Å². The minimum absolute atomic E-state index is 0.399. The lowest BCUT2D eigenvalue weighted by Gasteiger charge is -2.02. The van der Waals surface area contributed by atoms with Crippen molar-refractivity contribution in [2.45, 2.75) is 31.6 Å². The van der Waals surface area contributed by atoms with Gasteiger partial charge >= 0.3 is 0 Å². The Morgan fingerprint density at radius 3 is 2.83 bits per heavy atom. The van der Waals surface area contributed by atoms with Gasteiger partial charge in [-0.2, -0.15) is 5.10 Å². The number of alkyl halides is 1. The third kappa shape index (κ3) is 2.02. The Bertz CT molecular complexity index is 588. The molecule has 0 radical (unpaired) electrons. The zero-order chi connectivity index (χ0) is 12.7. The van der Waals surface area contributed by atoms with Gasteiger partial charge in [0, 0.05) is 17.7 Å². The van der Waals surface area contributed by atoms with Crippen molar-refractivity contribution >= 4 is 23.2 Å². The lowest BCUT2D eigenvalue weighted by atomic mass is 10.2. The van der Waals surface area contributed by atoms with Crippen molar-refractivity contribution in [3.63, 3.8) is 0 Å². The number of rotatable bonds is 3. The summed E-state index contributed by atoms with van der Waals surface area (Å²) < 4.78 is 1.69. The molecule has 0 atom stereocenters. The highest BCUT2D eigenvalue weighted by Crippen LogP contribution is 2.43. The highest BCUT2D eigenvalue weighted by atomic mass is 35.5. The number of aryl methyl sites for hydroxylation is 1. The summed E-state index contributed by atoms with van der Waals surface area (Å²) in [6, 6.07) is 3.92. The largest absolute Gasteiger partial charge is 0.237 e. The van der Waals surface area contributed by atoms with Crippen LogP contribution >= 0.6 is 23.2 Å². The predicted octanol–water partition coefficient (Wildman–Crippen LogP) is 3.85. The molecule has 3 rings (SSSR count). The van der Waals surface area contributed by atoms with Crippen LogP contribution < -0.4 is 0 Å². The number of hydrogen-bond acceptors (Lipinski definition) is 2. The Kier molecular flexibility index (Phi) is 3.04. The lowest BCUT2D eigenvalue weighted by molar-refractivity contribution is 0.812. The second-order valence-electron chi connectivity index (χ2n) is 4.67. The summed E-state index contributed by atoms with van der Waals surface area (Å²) in [5.74, 6) is 1.68. The first-order valence-corrected chi connectivity index (χ1v) is 6.88. The van der Waals surface area contributed by atoms with Gasteiger partial charge in [-0.1, -0.05) is 11.6 Å². The van der Waals surface area contributed by atoms with Crippen LogP contribution in [0.25, 0.3) is 5.82 Å². The van der Waals surface area contributed by atoms with Gasteiger partial charge in [-0.25, -0.2) is 9.67 Å². The van der Waals surface area contributed by atoms with Crippen LogP contribution in [0.2, 0.25) is 5.15 Å². The molecule has 18 heavy (non-hydrogen) atoms. The normalized spacial score (nSPS) is 15.1. The van der Waals surface area contributed by atoms with E-state index in [1.165, 1.54) is 12.8 Å². The minimum Gasteiger partial charge on any atom is -0.237 e. The van der Waals surface area contributed by atoms with Crippen LogP contribution in [0.5, 0.6) is 0 Å². The van der Waals surface area contributed by atoms with Crippen molar-refractivity contribution in [1.29, 1.82) is 0 Å². The number of nitrogens with zero attached hydrogens (tertiary/aromatic N) is 3. The third-order valence-electron chi connectivity index (χ3n) is 3.17. The van der Waals surface area contributed by atoms with E-state index in [0.717, 1.165) is 22.6 Å². The molecule has 5 heteroatoms. The molecule has 0 bridgehead atoms. The molecule has 2 aromatic heterocycles. The molecule has 3 nitrogen and oxygen atoms in total. The maximum atomic E-state index is 6.36. The fourth-order valence-electron chi connectivity index (χ4n) is 2.04. The Morgan fingerprint density at radius 1 is 1.44 bits per heavy atom. The van der Waals surface area contributed by atoms with E-state index in [4.69, 9.17) is 23.2 Å². The van der Waals surface area contributed by atoms with Crippen molar-refractivity contribution in [2.24, 2.45) is 0 Å². The van der Waals surface area contributed by atoms with Crippen LogP contribution in [0.15, 0.2) is 18.3 Å². The highest BCUT2D eigenvalue weighted by molar-refractivity contribution is 6.31. The Balaban J connectivity index is 2.12. The molecule has 0 aliphatic heterocycles. The van der Waals surface area contributed by atoms with E-state index in [-0.39, 0.29) is 0 Å². The molecule has 0 unspecified atom stereocenters. The van der Waals surface area contributed by atoms with Crippen LogP contribution in [0.3, 0.4) is 0 Å². The summed E-state index contributed by atoms with van der Waals surface area (Å²) in [5.41, 5.74) is 3.12. The standard InChI is InChI=1S/C13H13Cl2N3/c1-8-4-5-16-11(6-8)18-13(15)10(7-14)12(17-18)9-2-3-9/h4-6,9H,2-3,7H2,1H3. The van der Waals surface area contributed by atoms with Crippen LogP contribution in [0.1, 0.15) is 35.6 Å². The summed E-state index contributed by atoms with van der Waals surface area (Å²) in [6.45, 7) is 2.02. The first-order chi connectivity index (χ1) is 8.70. The van der Waals surface area contributed by atoms with Gasteiger partial charge in [0.05, 0.1) is 11.6 Å². The highest BCUT2D eigenvalue weighted by Gasteiger charge is 2.31. The molecule has 0 N–H and O–H groups in total. The average molecular weight is 282 g/mol. The summed E-state index contributed by atoms with van der Waals surface area (Å²) in [4.78, 5) is 4.31. The second-order valence-corrected chi connectivity index (χ2v) is 5.29. The summed E-state index contributed by atoms with van der Waals surface area (Å²) in [5, 5.41) is 5.18. The molecule has 1 fully saturated rings. The molecule has 2 heterocycles. The fourth-order valence-corrected chi connectivity index (χ4v) is 2.66. The first-order valence-electron chi connectivity index (χ1n) is 5.97. The van der Waals surface area contributed by atoms with Crippen molar-refractivity contribution in [3.05, 3.63) is 40.3 Å². The van der Waals surface area contributed by atoms with Gasteiger partial charge in [-0.05, 0) is 37.5 Å². The van der Waals surface area contributed by atoms with Crippen molar-refractivity contribution in [1.82, 2.24) is 14.8 Å². The zero-order valence-corrected chi connectivity index (χ0v) is 11.5. The maximum absolute atomic E-state index is 6.36. The molecule has 94 valence electrons. The molecular formula is C13H13Cl2N3. The van der Waals surface area contributed by atoms with Gasteiger partial charge < -0.3 is 0 Å². The van der Waals surface area contributed by atoms with Crippen molar-refractivity contribution in [3.8, 4) is 5.82 Å². The molecule has 0 spiro atoms. The molecule has 0 aromatic carbocycles. The fraction of sp³-hybridized carbons (Fsp3) is 0.385. The van der Waals surface area contributed by atoms with Crippen molar-refractivity contribution < 1.29 is 0 Å². The van der Waals surface area contributed by atoms with Gasteiger partial charge in [-0.3, -0.25) is 0 Å². The molecule has 0 saturated heterocycles. The van der Waals surface area contributed by atoms with Gasteiger partial charge in [-0.15, -0.1) is 11.6 Å². The van der Waals surface area contributed by atoms with Crippen LogP contribution in [0, 0.1) is 6.92 Å². The van der Waals surface area contributed by atoms with Crippen molar-refractivity contribution in [2.75, 3.05) is 0 Å². The Hall–Kier alpha value is -1.06. The zero-order valence-electron chi connectivity index (χ0n) is 10.0. The van der Waals surface area contributed by atoms with E-state index >= 15 is 0 Å². The van der Waals surface area contributed by atoms with Crippen LogP contribution in [-0.2, 0) is 5.88 Å². The number of halogens is 2. The van der Waals surface area contributed by atoms with Crippen LogP contribution in [0.4, 0.5) is 0 Å². The Morgan fingerprint density at radius 2 is 2.22 bits per heavy atom. The molecule has 1 aliphatic carbocycles. The summed E-state index contributed by atoms with van der Waals surface area (Å²) >= 11 is 12.3. The molecule has 0 amide bonds. The van der Waals surface area contributed by atoms with Gasteiger partial charge in [0.15, 0.2) is 5.82 Å². The third-order valence-corrected chi connectivity index (χ3v) is 3.82. The van der Waals surface area contributed by atoms with Gasteiger partial charge in [0.2, 0.25) is 0 Å². The van der Waals surface area contributed by atoms with E-state index in [1.54, 1.807) is 10.9 Å². The van der Waals surface area contributed by atoms with Gasteiger partial charge in [0.25, 0.3) is 0 Å². The quantitative estimate of drug-likeness (QED) is 0.801. The minimum atomic E-state index is 0.399. The van der Waals surface area contributed by atoms with Gasteiger partial charge in [0.1, 0.15) is 5.15 Å². The summed E-state index contributed by atoms with van der Waals surface area (Å²) in [7, 11) is 0. The molecule has 2 aromatic rings. The monoisotopic (exact) mass is 281 g/mol. The number of hydrogen-bond donors (Lipinski definition) is 0. The molecule has 1 aliphatic rings. The lowest BCUT2D eigenvalue weighted by Crippen LogP contribution is -2.00. The SMILES string of the molecule is Cc1ccnc(-n2nc(C3CC3)c(CCl)c2Cl)c1. The molecular weight excluding hydrogens is 269 g/mol. The van der Waals surface area contributed by atoms with Crippen LogP contribution in [-0.4, -0.2) is 14.8 Å². The number of pyridine rings is 1. The first kappa shape index (κ1) is 12.0. The topological polar surface area (TPSA) is 30.7 Å². The maximum Gasteiger partial charge on any atom is 0.155 e. The smallest absolute Gasteiger partial charge is 0.155 e. The predicted molar refractivity (Wildman–Crippen MR) is 72.6 cm³/mol. The van der Waals surface area contributed by atoms with E-state index in [1.807, 2.05) is 19.1 Å². The molecule has 1 saturated carbocycles. The average Bonchev–Trinajstić information content (AvgIpc) is 3.13. The number of aromatic nitrogens is 3. The Labute approximate surface area is 116 Å². The van der Waals surface area contributed by atoms with E-state index in [9.17, 15) is 0 Å². The summed E-state index contributed by atoms with van der Waals surface area (Å²) in [6.07, 6.45) is 4.12. The van der Waals surface area contributed by atoms with E-state index < -0.39 is 0 Å². The van der Waals surface area contributed by atoms with E-state index in [0.29, 0.717) is 17.0 Å².